The van der Waals surface area contributed by atoms with Gasteiger partial charge in [0, 0.05) is 11.1 Å². The highest BCUT2D eigenvalue weighted by atomic mass is 16.5. The average molecular weight is 288 g/mol. The summed E-state index contributed by atoms with van der Waals surface area (Å²) < 4.78 is 5.13. The van der Waals surface area contributed by atoms with Gasteiger partial charge < -0.3 is 15.3 Å². The third-order valence-electron chi connectivity index (χ3n) is 3.51. The molecule has 0 aliphatic carbocycles. The number of nitrogens with one attached hydrogen (secondary N) is 2. The molecule has 4 N–H and O–H groups in total. The van der Waals surface area contributed by atoms with Gasteiger partial charge in [-0.1, -0.05) is 5.16 Å². The van der Waals surface area contributed by atoms with E-state index in [9.17, 15) is 4.79 Å². The Kier molecular flexibility index (Phi) is 4.28. The van der Waals surface area contributed by atoms with Crippen molar-refractivity contribution >= 4 is 11.6 Å². The third kappa shape index (κ3) is 3.05. The minimum absolute atomic E-state index is 0.144. The van der Waals surface area contributed by atoms with Gasteiger partial charge in [0.05, 0.1) is 17.4 Å². The number of nitrogens with two attached hydrogens (primary N) is 1. The van der Waals surface area contributed by atoms with Crippen LogP contribution in [0.15, 0.2) is 22.7 Å². The van der Waals surface area contributed by atoms with Crippen LogP contribution in [0.25, 0.3) is 0 Å². The lowest BCUT2D eigenvalue weighted by molar-refractivity contribution is 0.0939. The highest BCUT2D eigenvalue weighted by molar-refractivity contribution is 5.95. The fourth-order valence-electron chi connectivity index (χ4n) is 2.43. The lowest BCUT2D eigenvalue weighted by Crippen LogP contribution is -2.27. The summed E-state index contributed by atoms with van der Waals surface area (Å²) in [5.41, 5.74) is 6.59. The second kappa shape index (κ2) is 5.97. The van der Waals surface area contributed by atoms with E-state index in [-0.39, 0.29) is 11.9 Å². The van der Waals surface area contributed by atoms with Gasteiger partial charge in [0.1, 0.15) is 5.76 Å². The van der Waals surface area contributed by atoms with E-state index in [4.69, 9.17) is 10.4 Å². The zero-order valence-corrected chi connectivity index (χ0v) is 12.7. The van der Waals surface area contributed by atoms with E-state index < -0.39 is 0 Å². The molecule has 2 aromatic rings. The molecule has 21 heavy (non-hydrogen) atoms. The van der Waals surface area contributed by atoms with Crippen molar-refractivity contribution in [3.63, 3.8) is 0 Å². The molecule has 1 aromatic heterocycles. The van der Waals surface area contributed by atoms with Gasteiger partial charge in [-0.15, -0.1) is 0 Å². The molecule has 0 bridgehead atoms. The number of nitrogens with zero attached hydrogens (tertiary/aromatic N) is 1. The number of hydrogen-bond donors (Lipinski definition) is 3. The van der Waals surface area contributed by atoms with Crippen LogP contribution in [-0.2, 0) is 0 Å². The summed E-state index contributed by atoms with van der Waals surface area (Å²) in [6.07, 6.45) is 0. The number of aryl methyl sites for hydroxylation is 3. The summed E-state index contributed by atoms with van der Waals surface area (Å²) in [4.78, 5) is 12.3. The number of amides is 1. The van der Waals surface area contributed by atoms with Gasteiger partial charge in [-0.05, 0) is 51.5 Å². The van der Waals surface area contributed by atoms with Crippen LogP contribution in [0.3, 0.4) is 0 Å². The maximum Gasteiger partial charge on any atom is 0.251 e. The zero-order valence-electron chi connectivity index (χ0n) is 12.7. The fourth-order valence-corrected chi connectivity index (χ4v) is 2.43. The van der Waals surface area contributed by atoms with Crippen molar-refractivity contribution in [3.8, 4) is 0 Å². The van der Waals surface area contributed by atoms with Gasteiger partial charge in [0.25, 0.3) is 5.91 Å². The highest BCUT2D eigenvalue weighted by Gasteiger charge is 2.19. The van der Waals surface area contributed by atoms with E-state index in [0.717, 1.165) is 28.3 Å². The molecule has 6 heteroatoms. The molecule has 0 radical (unpaired) electrons. The lowest BCUT2D eigenvalue weighted by Gasteiger charge is -2.14. The summed E-state index contributed by atoms with van der Waals surface area (Å²) in [6, 6.07) is 5.14. The maximum absolute atomic E-state index is 12.3. The summed E-state index contributed by atoms with van der Waals surface area (Å²) in [5.74, 6) is 5.96. The Morgan fingerprint density at radius 1 is 1.33 bits per heavy atom. The molecule has 0 fully saturated rings. The average Bonchev–Trinajstić information content (AvgIpc) is 2.77. The largest absolute Gasteiger partial charge is 0.361 e. The molecule has 0 saturated carbocycles. The Bertz CT molecular complexity index is 644. The van der Waals surface area contributed by atoms with Crippen molar-refractivity contribution < 1.29 is 9.32 Å². The normalized spacial score (nSPS) is 12.0. The van der Waals surface area contributed by atoms with Crippen LogP contribution in [0.4, 0.5) is 5.69 Å². The Labute approximate surface area is 123 Å². The van der Waals surface area contributed by atoms with Crippen LogP contribution < -0.4 is 16.6 Å². The quantitative estimate of drug-likeness (QED) is 0.593. The zero-order chi connectivity index (χ0) is 15.6. The number of carbonyl (C=O) groups excluding carboxylic acids is 1. The Balaban J connectivity index is 2.16. The first-order valence-electron chi connectivity index (χ1n) is 6.75. The molecule has 0 spiro atoms. The van der Waals surface area contributed by atoms with Crippen molar-refractivity contribution in [3.05, 3.63) is 46.3 Å². The second-order valence-electron chi connectivity index (χ2n) is 5.11. The standard InChI is InChI=1S/C15H20N4O2/c1-8-7-12(5-6-13(8)18-16)15(20)17-9(2)14-10(3)19-21-11(14)4/h5-7,9,18H,16H2,1-4H3,(H,17,20). The first-order chi connectivity index (χ1) is 9.93. The molecule has 6 nitrogen and oxygen atoms in total. The van der Waals surface area contributed by atoms with E-state index in [1.54, 1.807) is 18.2 Å². The van der Waals surface area contributed by atoms with Gasteiger partial charge >= 0.3 is 0 Å². The highest BCUT2D eigenvalue weighted by Crippen LogP contribution is 2.22. The van der Waals surface area contributed by atoms with Crippen molar-refractivity contribution in [2.24, 2.45) is 5.84 Å². The Hall–Kier alpha value is -2.34. The van der Waals surface area contributed by atoms with E-state index in [0.29, 0.717) is 5.56 Å². The van der Waals surface area contributed by atoms with E-state index in [2.05, 4.69) is 15.9 Å². The number of anilines is 1. The lowest BCUT2D eigenvalue weighted by atomic mass is 10.1. The Morgan fingerprint density at radius 3 is 2.57 bits per heavy atom. The van der Waals surface area contributed by atoms with Crippen molar-refractivity contribution in [1.29, 1.82) is 0 Å². The maximum atomic E-state index is 12.3. The van der Waals surface area contributed by atoms with Crippen molar-refractivity contribution in [1.82, 2.24) is 10.5 Å². The molecule has 112 valence electrons. The summed E-state index contributed by atoms with van der Waals surface area (Å²) in [6.45, 7) is 7.50. The van der Waals surface area contributed by atoms with Crippen LogP contribution in [0.5, 0.6) is 0 Å². The first-order valence-corrected chi connectivity index (χ1v) is 6.75. The van der Waals surface area contributed by atoms with Gasteiger partial charge in [0.15, 0.2) is 0 Å². The van der Waals surface area contributed by atoms with Crippen LogP contribution in [-0.4, -0.2) is 11.1 Å². The van der Waals surface area contributed by atoms with Gasteiger partial charge in [-0.2, -0.15) is 0 Å². The summed E-state index contributed by atoms with van der Waals surface area (Å²) >= 11 is 0. The van der Waals surface area contributed by atoms with E-state index in [1.807, 2.05) is 27.7 Å². The smallest absolute Gasteiger partial charge is 0.251 e. The van der Waals surface area contributed by atoms with E-state index >= 15 is 0 Å². The van der Waals surface area contributed by atoms with Crippen LogP contribution in [0.1, 0.15) is 45.9 Å². The SMILES string of the molecule is Cc1cc(C(=O)NC(C)c2c(C)noc2C)ccc1NN. The molecular formula is C15H20N4O2. The molecule has 1 atom stereocenters. The first kappa shape index (κ1) is 15.1. The molecule has 1 heterocycles. The van der Waals surface area contributed by atoms with Gasteiger partial charge in [-0.25, -0.2) is 0 Å². The molecule has 1 amide bonds. The van der Waals surface area contributed by atoms with Crippen LogP contribution >= 0.6 is 0 Å². The molecule has 1 unspecified atom stereocenters. The van der Waals surface area contributed by atoms with Crippen molar-refractivity contribution in [2.45, 2.75) is 33.7 Å². The Morgan fingerprint density at radius 2 is 2.05 bits per heavy atom. The number of hydrogen-bond acceptors (Lipinski definition) is 5. The number of hydrazine groups is 1. The fraction of sp³-hybridized carbons (Fsp3) is 0.333. The molecule has 1 aromatic carbocycles. The van der Waals surface area contributed by atoms with Crippen LogP contribution in [0.2, 0.25) is 0 Å². The minimum Gasteiger partial charge on any atom is -0.361 e. The molecule has 0 aliphatic rings. The monoisotopic (exact) mass is 288 g/mol. The number of rotatable bonds is 4. The molecule has 0 aliphatic heterocycles. The van der Waals surface area contributed by atoms with Crippen LogP contribution in [0, 0.1) is 20.8 Å². The predicted octanol–water partition coefficient (Wildman–Crippen LogP) is 2.38. The molecule has 2 rings (SSSR count). The minimum atomic E-state index is -0.170. The topological polar surface area (TPSA) is 93.2 Å². The molecule has 0 saturated heterocycles. The summed E-state index contributed by atoms with van der Waals surface area (Å²) in [5, 5.41) is 6.86. The number of benzene rings is 1. The third-order valence-corrected chi connectivity index (χ3v) is 3.51. The molecular weight excluding hydrogens is 268 g/mol. The number of carbonyl (C=O) groups is 1. The number of aromatic nitrogens is 1. The van der Waals surface area contributed by atoms with Gasteiger partial charge in [0.2, 0.25) is 0 Å². The second-order valence-corrected chi connectivity index (χ2v) is 5.11. The van der Waals surface area contributed by atoms with E-state index in [1.165, 1.54) is 0 Å². The number of nitrogen functional groups attached to an aromatic ring is 1. The van der Waals surface area contributed by atoms with Gasteiger partial charge in [-0.3, -0.25) is 10.6 Å². The summed E-state index contributed by atoms with van der Waals surface area (Å²) in [7, 11) is 0. The predicted molar refractivity (Wildman–Crippen MR) is 80.8 cm³/mol. The van der Waals surface area contributed by atoms with Crippen molar-refractivity contribution in [2.75, 3.05) is 5.43 Å².